The van der Waals surface area contributed by atoms with Crippen molar-refractivity contribution in [3.8, 4) is 28.7 Å². The van der Waals surface area contributed by atoms with E-state index in [0.717, 1.165) is 5.56 Å². The maximum atomic E-state index is 12.2. The summed E-state index contributed by atoms with van der Waals surface area (Å²) in [5.41, 5.74) is 0.542. The molecule has 0 saturated carbocycles. The van der Waals surface area contributed by atoms with Gasteiger partial charge in [0.15, 0.2) is 18.1 Å². The molecule has 0 aliphatic carbocycles. The third-order valence-electron chi connectivity index (χ3n) is 4.91. The average molecular weight is 540 g/mol. The molecule has 4 aromatic rings. The van der Waals surface area contributed by atoms with Crippen LogP contribution in [0.25, 0.3) is 0 Å². The summed E-state index contributed by atoms with van der Waals surface area (Å²) >= 11 is 12.1. The average Bonchev–Trinajstić information content (AvgIpc) is 2.89. The van der Waals surface area contributed by atoms with Crippen LogP contribution < -0.4 is 14.2 Å². The predicted octanol–water partition coefficient (Wildman–Crippen LogP) is 7.61. The fourth-order valence-electron chi connectivity index (χ4n) is 3.16. The van der Waals surface area contributed by atoms with E-state index in [4.69, 9.17) is 42.1 Å². The number of nitro benzene ring substituents is 1. The number of nitro groups is 1. The van der Waals surface area contributed by atoms with Crippen molar-refractivity contribution in [1.82, 2.24) is 0 Å². The van der Waals surface area contributed by atoms with E-state index in [2.05, 4.69) is 0 Å². The Kier molecular flexibility index (Phi) is 8.45. The molecule has 8 nitrogen and oxygen atoms in total. The lowest BCUT2D eigenvalue weighted by Crippen LogP contribution is -2.15. The van der Waals surface area contributed by atoms with Gasteiger partial charge in [0.25, 0.3) is 0 Å². The van der Waals surface area contributed by atoms with Crippen LogP contribution >= 0.6 is 23.2 Å². The minimum absolute atomic E-state index is 0.102. The summed E-state index contributed by atoms with van der Waals surface area (Å²) < 4.78 is 22.4. The summed E-state index contributed by atoms with van der Waals surface area (Å²) in [5.74, 6) is 0.218. The topological polar surface area (TPSA) is 97.1 Å². The van der Waals surface area contributed by atoms with Crippen molar-refractivity contribution >= 4 is 34.9 Å². The number of para-hydroxylation sites is 2. The zero-order chi connectivity index (χ0) is 26.2. The minimum Gasteiger partial charge on any atom is -0.478 e. The van der Waals surface area contributed by atoms with Gasteiger partial charge in [-0.2, -0.15) is 0 Å². The van der Waals surface area contributed by atoms with Crippen LogP contribution in [0.3, 0.4) is 0 Å². The number of nitrogens with zero attached hydrogens (tertiary/aromatic N) is 1. The fraction of sp³-hybridized carbons (Fsp3) is 0.0741. The van der Waals surface area contributed by atoms with Gasteiger partial charge in [-0.15, -0.1) is 0 Å². The summed E-state index contributed by atoms with van der Waals surface area (Å²) in [6.07, 6.45) is 0. The number of carbonyl (C=O) groups excluding carboxylic acids is 1. The van der Waals surface area contributed by atoms with Gasteiger partial charge in [0.05, 0.1) is 9.95 Å². The number of hydrogen-bond donors (Lipinski definition) is 0. The van der Waals surface area contributed by atoms with Crippen molar-refractivity contribution in [3.63, 3.8) is 0 Å². The summed E-state index contributed by atoms with van der Waals surface area (Å²) in [6.45, 7) is -0.273. The molecule has 0 fully saturated rings. The summed E-state index contributed by atoms with van der Waals surface area (Å²) in [4.78, 5) is 23.2. The number of halogens is 2. The molecular weight excluding hydrogens is 521 g/mol. The molecule has 4 rings (SSSR count). The molecule has 4 aromatic carbocycles. The molecule has 37 heavy (non-hydrogen) atoms. The highest BCUT2D eigenvalue weighted by atomic mass is 35.5. The first-order valence-corrected chi connectivity index (χ1v) is 11.7. The van der Waals surface area contributed by atoms with Gasteiger partial charge in [0, 0.05) is 17.2 Å². The van der Waals surface area contributed by atoms with E-state index in [1.165, 1.54) is 24.3 Å². The number of carbonyl (C=O) groups is 1. The second kappa shape index (κ2) is 12.1. The number of rotatable bonds is 10. The van der Waals surface area contributed by atoms with Crippen LogP contribution in [0, 0.1) is 10.1 Å². The summed E-state index contributed by atoms with van der Waals surface area (Å²) in [7, 11) is 0. The van der Waals surface area contributed by atoms with E-state index in [1.54, 1.807) is 36.4 Å². The van der Waals surface area contributed by atoms with Crippen LogP contribution in [0.4, 0.5) is 5.69 Å². The third kappa shape index (κ3) is 7.13. The smallest absolute Gasteiger partial charge is 0.344 e. The second-order valence-electron chi connectivity index (χ2n) is 7.55. The highest BCUT2D eigenvalue weighted by molar-refractivity contribution is 6.35. The van der Waals surface area contributed by atoms with Crippen LogP contribution in [0.1, 0.15) is 5.56 Å². The van der Waals surface area contributed by atoms with Crippen molar-refractivity contribution in [2.24, 2.45) is 0 Å². The lowest BCUT2D eigenvalue weighted by atomic mass is 10.2. The van der Waals surface area contributed by atoms with Gasteiger partial charge in [0.1, 0.15) is 18.1 Å². The molecule has 0 aliphatic heterocycles. The number of benzene rings is 4. The molecule has 0 spiro atoms. The van der Waals surface area contributed by atoms with E-state index in [1.807, 2.05) is 30.3 Å². The Morgan fingerprint density at radius 1 is 0.784 bits per heavy atom. The molecule has 0 radical (unpaired) electrons. The molecule has 0 aromatic heterocycles. The Bertz CT molecular complexity index is 1410. The fourth-order valence-corrected chi connectivity index (χ4v) is 3.61. The van der Waals surface area contributed by atoms with Gasteiger partial charge in [-0.05, 0) is 42.0 Å². The molecule has 0 heterocycles. The first-order valence-electron chi connectivity index (χ1n) is 10.9. The summed E-state index contributed by atoms with van der Waals surface area (Å²) in [5, 5.41) is 12.3. The number of ether oxygens (including phenoxy) is 4. The highest BCUT2D eigenvalue weighted by Crippen LogP contribution is 2.40. The van der Waals surface area contributed by atoms with Crippen molar-refractivity contribution in [3.05, 3.63) is 117 Å². The SMILES string of the molecule is O=C(COc1ccccc1Oc1cc(Oc2ccc(Cl)cc2Cl)ccc1[N+](=O)[O-])OCc1ccccc1. The first kappa shape index (κ1) is 25.8. The monoisotopic (exact) mass is 539 g/mol. The first-order chi connectivity index (χ1) is 17.9. The maximum absolute atomic E-state index is 12.2. The van der Waals surface area contributed by atoms with E-state index in [9.17, 15) is 14.9 Å². The van der Waals surface area contributed by atoms with Crippen molar-refractivity contribution in [1.29, 1.82) is 0 Å². The van der Waals surface area contributed by atoms with Crippen molar-refractivity contribution in [2.45, 2.75) is 6.61 Å². The quantitative estimate of drug-likeness (QED) is 0.116. The van der Waals surface area contributed by atoms with Gasteiger partial charge in [0.2, 0.25) is 5.75 Å². The molecule has 0 N–H and O–H groups in total. The van der Waals surface area contributed by atoms with Crippen LogP contribution in [0.2, 0.25) is 10.0 Å². The van der Waals surface area contributed by atoms with Crippen LogP contribution in [-0.4, -0.2) is 17.5 Å². The largest absolute Gasteiger partial charge is 0.478 e. The normalized spacial score (nSPS) is 10.4. The second-order valence-corrected chi connectivity index (χ2v) is 8.39. The van der Waals surface area contributed by atoms with Crippen molar-refractivity contribution in [2.75, 3.05) is 6.61 Å². The number of hydrogen-bond acceptors (Lipinski definition) is 7. The van der Waals surface area contributed by atoms with Crippen LogP contribution in [-0.2, 0) is 16.1 Å². The van der Waals surface area contributed by atoms with E-state index < -0.39 is 10.9 Å². The maximum Gasteiger partial charge on any atom is 0.344 e. The van der Waals surface area contributed by atoms with Crippen LogP contribution in [0.15, 0.2) is 91.0 Å². The highest BCUT2D eigenvalue weighted by Gasteiger charge is 2.20. The Morgan fingerprint density at radius 3 is 2.24 bits per heavy atom. The van der Waals surface area contributed by atoms with E-state index >= 15 is 0 Å². The molecule has 0 unspecified atom stereocenters. The molecule has 188 valence electrons. The molecule has 0 saturated heterocycles. The predicted molar refractivity (Wildman–Crippen MR) is 138 cm³/mol. The van der Waals surface area contributed by atoms with Crippen molar-refractivity contribution < 1.29 is 28.7 Å². The molecule has 0 aliphatic rings. The molecule has 10 heteroatoms. The van der Waals surface area contributed by atoms with Gasteiger partial charge >= 0.3 is 11.7 Å². The Labute approximate surface area is 222 Å². The molecule has 0 bridgehead atoms. The number of esters is 1. The van der Waals surface area contributed by atoms with Gasteiger partial charge in [-0.25, -0.2) is 4.79 Å². The van der Waals surface area contributed by atoms with E-state index in [-0.39, 0.29) is 46.9 Å². The standard InChI is InChI=1S/C27H19Cl2NO7/c28-19-10-13-23(21(29)14-19)36-20-11-12-22(30(32)33)26(15-20)37-25-9-5-4-8-24(25)34-17-27(31)35-16-18-6-2-1-3-7-18/h1-15H,16-17H2. The van der Waals surface area contributed by atoms with Gasteiger partial charge in [-0.1, -0.05) is 65.7 Å². The Morgan fingerprint density at radius 2 is 1.51 bits per heavy atom. The summed E-state index contributed by atoms with van der Waals surface area (Å²) in [6, 6.07) is 24.4. The minimum atomic E-state index is -0.585. The Balaban J connectivity index is 1.48. The molecule has 0 atom stereocenters. The molecule has 0 amide bonds. The third-order valence-corrected chi connectivity index (χ3v) is 5.44. The lowest BCUT2D eigenvalue weighted by Gasteiger charge is -2.14. The Hall–Kier alpha value is -4.27. The zero-order valence-corrected chi connectivity index (χ0v) is 20.6. The molecular formula is C27H19Cl2NO7. The van der Waals surface area contributed by atoms with Gasteiger partial charge in [-0.3, -0.25) is 10.1 Å². The van der Waals surface area contributed by atoms with Gasteiger partial charge < -0.3 is 18.9 Å². The lowest BCUT2D eigenvalue weighted by molar-refractivity contribution is -0.385. The van der Waals surface area contributed by atoms with E-state index in [0.29, 0.717) is 10.8 Å². The van der Waals surface area contributed by atoms with Crippen LogP contribution in [0.5, 0.6) is 28.7 Å². The zero-order valence-electron chi connectivity index (χ0n) is 19.1.